The van der Waals surface area contributed by atoms with Gasteiger partial charge in [-0.05, 0) is 0 Å². The quantitative estimate of drug-likeness (QED) is 0.384. The summed E-state index contributed by atoms with van der Waals surface area (Å²) < 4.78 is 0. The molecule has 2 N–H and O–H groups in total. The molecule has 0 unspecified atom stereocenters. The Morgan fingerprint density at radius 1 is 0.600 bits per heavy atom. The van der Waals surface area contributed by atoms with Crippen molar-refractivity contribution in [1.29, 1.82) is 0 Å². The average molecular weight is 224 g/mol. The van der Waals surface area contributed by atoms with Gasteiger partial charge in [0.2, 0.25) is 0 Å². The molecule has 2 nitrogen and oxygen atoms in total. The van der Waals surface area contributed by atoms with Crippen LogP contribution in [0.15, 0.2) is 0 Å². The van der Waals surface area contributed by atoms with E-state index in [0.717, 1.165) is 0 Å². The van der Waals surface area contributed by atoms with E-state index in [2.05, 4.69) is 0 Å². The molecule has 0 aliphatic rings. The molecular formula is H2Cl2O2Sn. The van der Waals surface area contributed by atoms with E-state index in [1.165, 1.54) is 0 Å². The first kappa shape index (κ1) is 105. The third-order valence-corrected chi connectivity index (χ3v) is 0. The van der Waals surface area contributed by atoms with Gasteiger partial charge in [-0.3, -0.25) is 0 Å². The van der Waals surface area contributed by atoms with Gasteiger partial charge in [0.05, 0.1) is 0 Å². The first-order chi connectivity index (χ1) is 0. The molecule has 0 aliphatic heterocycles. The maximum Gasteiger partial charge on any atom is 4.00 e. The summed E-state index contributed by atoms with van der Waals surface area (Å²) in [6.45, 7) is 0. The second kappa shape index (κ2) is 58.1. The molecule has 0 saturated carbocycles. The van der Waals surface area contributed by atoms with Crippen LogP contribution in [0, 0.1) is 0 Å². The number of hydrogen-bond acceptors (Lipinski definition) is 2. The van der Waals surface area contributed by atoms with Crippen molar-refractivity contribution in [1.82, 2.24) is 0 Å². The number of hydrogen-bond donors (Lipinski definition) is 0. The van der Waals surface area contributed by atoms with Crippen molar-refractivity contribution in [2.24, 2.45) is 0 Å². The van der Waals surface area contributed by atoms with E-state index in [-0.39, 0.29) is 59.7 Å². The van der Waals surface area contributed by atoms with Crippen LogP contribution in [-0.4, -0.2) is 34.9 Å². The second-order valence-corrected chi connectivity index (χ2v) is 0. The van der Waals surface area contributed by atoms with Gasteiger partial charge < -0.3 is 35.8 Å². The zero-order valence-corrected chi connectivity index (χ0v) is 6.52. The molecule has 5 heteroatoms. The van der Waals surface area contributed by atoms with Gasteiger partial charge in [-0.2, -0.15) is 0 Å². The molecule has 32 valence electrons. The van der Waals surface area contributed by atoms with E-state index in [0.29, 0.717) is 0 Å². The minimum Gasteiger partial charge on any atom is -1.00 e. The maximum absolute atomic E-state index is 0. The van der Waals surface area contributed by atoms with Gasteiger partial charge in [0.1, 0.15) is 0 Å². The number of rotatable bonds is 0. The average Bonchev–Trinajstić information content (AvgIpc) is 0. The molecule has 0 rings (SSSR count). The second-order valence-electron chi connectivity index (χ2n) is 0. The molecule has 0 radical (unpaired) electrons. The summed E-state index contributed by atoms with van der Waals surface area (Å²) in [5.41, 5.74) is 0. The summed E-state index contributed by atoms with van der Waals surface area (Å²) in [4.78, 5) is 0. The minimum atomic E-state index is 0. The summed E-state index contributed by atoms with van der Waals surface area (Å²) >= 11 is 0. The third kappa shape index (κ3) is 34.2. The Morgan fingerprint density at radius 2 is 0.600 bits per heavy atom. The van der Waals surface area contributed by atoms with Crippen LogP contribution in [-0.2, 0) is 0 Å². The smallest absolute Gasteiger partial charge is 1.00 e. The van der Waals surface area contributed by atoms with Crippen molar-refractivity contribution in [3.05, 3.63) is 0 Å². The predicted molar refractivity (Wildman–Crippen MR) is 9.63 cm³/mol. The van der Waals surface area contributed by atoms with E-state index in [1.54, 1.807) is 0 Å². The summed E-state index contributed by atoms with van der Waals surface area (Å²) in [7, 11) is 0. The van der Waals surface area contributed by atoms with Crippen LogP contribution < -0.4 is 24.8 Å². The Labute approximate surface area is 59.7 Å². The third-order valence-electron chi connectivity index (χ3n) is 0. The molecule has 0 aromatic carbocycles. The fourth-order valence-electron chi connectivity index (χ4n) is 0. The number of halogens is 2. The fraction of sp³-hybridized carbons (Fsp3) is 0. The van der Waals surface area contributed by atoms with E-state index in [4.69, 9.17) is 0 Å². The molecule has 0 fully saturated rings. The Balaban J connectivity index is 0. The van der Waals surface area contributed by atoms with Gasteiger partial charge in [-0.1, -0.05) is 0 Å². The maximum atomic E-state index is 0. The van der Waals surface area contributed by atoms with Crippen LogP contribution in [0.4, 0.5) is 0 Å². The normalized spacial score (nSPS) is 0. The summed E-state index contributed by atoms with van der Waals surface area (Å²) in [5.74, 6) is 0. The standard InChI is InChI=1S/2ClH.2H2O.Sn/h2*1H;2*1H2;/q;;;;+4/p-4. The van der Waals surface area contributed by atoms with E-state index in [9.17, 15) is 0 Å². The Morgan fingerprint density at radius 3 is 0.600 bits per heavy atom. The molecule has 5 heavy (non-hydrogen) atoms. The van der Waals surface area contributed by atoms with Crippen molar-refractivity contribution < 1.29 is 35.8 Å². The van der Waals surface area contributed by atoms with Crippen molar-refractivity contribution in [3.63, 3.8) is 0 Å². The summed E-state index contributed by atoms with van der Waals surface area (Å²) in [6, 6.07) is 0. The van der Waals surface area contributed by atoms with Crippen molar-refractivity contribution in [2.45, 2.75) is 0 Å². The van der Waals surface area contributed by atoms with Crippen LogP contribution in [0.2, 0.25) is 0 Å². The van der Waals surface area contributed by atoms with Gasteiger partial charge in [0, 0.05) is 0 Å². The largest absolute Gasteiger partial charge is 4.00 e. The Kier molecular flexibility index (Phi) is 1220. The summed E-state index contributed by atoms with van der Waals surface area (Å²) in [6.07, 6.45) is 0. The van der Waals surface area contributed by atoms with Gasteiger partial charge in [-0.25, -0.2) is 0 Å². The topological polar surface area (TPSA) is 60.0 Å². The van der Waals surface area contributed by atoms with Crippen LogP contribution in [0.1, 0.15) is 0 Å². The molecule has 0 bridgehead atoms. The van der Waals surface area contributed by atoms with Gasteiger partial charge >= 0.3 is 23.9 Å². The zero-order valence-electron chi connectivity index (χ0n) is 2.15. The van der Waals surface area contributed by atoms with Crippen LogP contribution >= 0.6 is 0 Å². The first-order valence-corrected chi connectivity index (χ1v) is 0. The van der Waals surface area contributed by atoms with Crippen molar-refractivity contribution in [2.75, 3.05) is 0 Å². The van der Waals surface area contributed by atoms with Crippen LogP contribution in [0.5, 0.6) is 0 Å². The molecule has 0 amide bonds. The van der Waals surface area contributed by atoms with Gasteiger partial charge in [-0.15, -0.1) is 0 Å². The van der Waals surface area contributed by atoms with E-state index < -0.39 is 0 Å². The Hall–Kier alpha value is 1.30. The summed E-state index contributed by atoms with van der Waals surface area (Å²) in [5, 5.41) is 0. The zero-order chi connectivity index (χ0) is 0. The molecule has 0 spiro atoms. The first-order valence-electron chi connectivity index (χ1n) is 0. The minimum absolute atomic E-state index is 0. The molecule has 0 aromatic heterocycles. The van der Waals surface area contributed by atoms with Gasteiger partial charge in [0.25, 0.3) is 0 Å². The van der Waals surface area contributed by atoms with Crippen LogP contribution in [0.25, 0.3) is 0 Å². The predicted octanol–water partition coefficient (Wildman–Crippen LogP) is -6.73. The molecule has 0 atom stereocenters. The van der Waals surface area contributed by atoms with Crippen molar-refractivity contribution >= 4 is 23.9 Å². The van der Waals surface area contributed by atoms with Crippen LogP contribution in [0.3, 0.4) is 0 Å². The van der Waals surface area contributed by atoms with E-state index >= 15 is 0 Å². The molecule has 0 aliphatic carbocycles. The monoisotopic (exact) mass is 224 g/mol. The molecule has 0 aromatic rings. The Bertz CT molecular complexity index is 7.61. The van der Waals surface area contributed by atoms with E-state index in [1.807, 2.05) is 0 Å². The van der Waals surface area contributed by atoms with Gasteiger partial charge in [0.15, 0.2) is 0 Å². The fourth-order valence-corrected chi connectivity index (χ4v) is 0. The SMILES string of the molecule is [Cl-].[Cl-].[OH-].[OH-].[Sn+4]. The van der Waals surface area contributed by atoms with Crippen molar-refractivity contribution in [3.8, 4) is 0 Å². The molecule has 0 heterocycles. The molecule has 0 saturated heterocycles. The molecular weight excluding hydrogens is 222 g/mol.